The molecule has 0 spiro atoms. The van der Waals surface area contributed by atoms with Crippen LogP contribution in [0.1, 0.15) is 0 Å². The van der Waals surface area contributed by atoms with Gasteiger partial charge in [-0.1, -0.05) is 200 Å². The fourth-order valence-electron chi connectivity index (χ4n) is 8.17. The number of benzene rings is 9. The van der Waals surface area contributed by atoms with Crippen LogP contribution in [0.15, 0.2) is 218 Å². The third kappa shape index (κ3) is 6.66. The van der Waals surface area contributed by atoms with Gasteiger partial charge in [-0.2, -0.15) is 0 Å². The van der Waals surface area contributed by atoms with Gasteiger partial charge in [0, 0.05) is 33.0 Å². The summed E-state index contributed by atoms with van der Waals surface area (Å²) in [4.78, 5) is 20.5. The fourth-order valence-corrected chi connectivity index (χ4v) is 8.17. The predicted octanol–water partition coefficient (Wildman–Crippen LogP) is 14.4. The van der Waals surface area contributed by atoms with Gasteiger partial charge in [0.25, 0.3) is 0 Å². The second kappa shape index (κ2) is 15.0. The largest absolute Gasteiger partial charge is 0.247 e. The molecule has 0 aliphatic carbocycles. The zero-order valence-electron chi connectivity index (χ0n) is 32.6. The average Bonchev–Trinajstić information content (AvgIpc) is 3.34. The molecule has 0 saturated carbocycles. The Balaban J connectivity index is 0.960. The molecule has 0 N–H and O–H groups in total. The van der Waals surface area contributed by atoms with E-state index in [-0.39, 0.29) is 0 Å². The summed E-state index contributed by atoms with van der Waals surface area (Å²) >= 11 is 0. The minimum absolute atomic E-state index is 0.619. The quantitative estimate of drug-likeness (QED) is 0.120. The molecule has 0 fully saturated rings. The van der Waals surface area contributed by atoms with Gasteiger partial charge in [0.2, 0.25) is 0 Å². The Morgan fingerprint density at radius 3 is 1.13 bits per heavy atom. The Labute approximate surface area is 348 Å². The van der Waals surface area contributed by atoms with Gasteiger partial charge < -0.3 is 0 Å². The summed E-state index contributed by atoms with van der Waals surface area (Å²) in [5.41, 5.74) is 12.6. The first kappa shape index (κ1) is 35.1. The fraction of sp³-hybridized carbons (Fsp3) is 0. The van der Waals surface area contributed by atoms with Crippen LogP contribution in [0.2, 0.25) is 0 Å². The Morgan fingerprint density at radius 1 is 0.217 bits per heavy atom. The van der Waals surface area contributed by atoms with Gasteiger partial charge in [0.15, 0.2) is 17.5 Å². The molecule has 60 heavy (non-hydrogen) atoms. The Kier molecular flexibility index (Phi) is 8.79. The molecule has 280 valence electrons. The van der Waals surface area contributed by atoms with E-state index in [9.17, 15) is 0 Å². The molecule has 0 atom stereocenters. The predicted molar refractivity (Wildman–Crippen MR) is 248 cm³/mol. The maximum atomic E-state index is 5.30. The van der Waals surface area contributed by atoms with E-state index in [4.69, 9.17) is 19.9 Å². The van der Waals surface area contributed by atoms with E-state index in [1.54, 1.807) is 0 Å². The minimum atomic E-state index is 0.619. The molecular weight excluding hydrogens is 729 g/mol. The first-order valence-corrected chi connectivity index (χ1v) is 20.2. The van der Waals surface area contributed by atoms with E-state index in [1.807, 2.05) is 12.1 Å². The van der Waals surface area contributed by atoms with Gasteiger partial charge in [0.05, 0.1) is 11.2 Å². The lowest BCUT2D eigenvalue weighted by atomic mass is 9.96. The zero-order chi connectivity index (χ0) is 39.8. The molecule has 0 unspecified atom stereocenters. The minimum Gasteiger partial charge on any atom is -0.247 e. The van der Waals surface area contributed by atoms with Crippen molar-refractivity contribution in [2.75, 3.05) is 0 Å². The van der Waals surface area contributed by atoms with E-state index in [2.05, 4.69) is 206 Å². The van der Waals surface area contributed by atoms with Gasteiger partial charge in [-0.25, -0.2) is 19.9 Å². The van der Waals surface area contributed by atoms with Gasteiger partial charge in [0.1, 0.15) is 0 Å². The van der Waals surface area contributed by atoms with Crippen LogP contribution in [-0.2, 0) is 0 Å². The highest BCUT2D eigenvalue weighted by Crippen LogP contribution is 2.36. The highest BCUT2D eigenvalue weighted by molar-refractivity contribution is 6.14. The normalized spacial score (nSPS) is 11.3. The van der Waals surface area contributed by atoms with E-state index >= 15 is 0 Å². The molecule has 4 nitrogen and oxygen atoms in total. The molecule has 2 heterocycles. The van der Waals surface area contributed by atoms with Crippen LogP contribution < -0.4 is 0 Å². The summed E-state index contributed by atoms with van der Waals surface area (Å²) in [6, 6.07) is 76.5. The molecule has 4 heteroatoms. The Hall–Kier alpha value is -8.08. The summed E-state index contributed by atoms with van der Waals surface area (Å²) in [6.07, 6.45) is 0. The van der Waals surface area contributed by atoms with Crippen LogP contribution in [0.25, 0.3) is 111 Å². The van der Waals surface area contributed by atoms with Crippen molar-refractivity contribution in [3.8, 4) is 78.8 Å². The van der Waals surface area contributed by atoms with Crippen LogP contribution in [0.5, 0.6) is 0 Å². The topological polar surface area (TPSA) is 51.6 Å². The lowest BCUT2D eigenvalue weighted by molar-refractivity contribution is 1.07. The van der Waals surface area contributed by atoms with Crippen molar-refractivity contribution in [2.45, 2.75) is 0 Å². The molecule has 0 radical (unpaired) electrons. The molecule has 0 aliphatic heterocycles. The van der Waals surface area contributed by atoms with E-state index in [1.165, 1.54) is 27.3 Å². The number of aromatic nitrogens is 4. The standard InChI is InChI=1S/C56H36N4/c1-3-12-37(13-4-1)39-22-28-42(29-23-39)54-58-55(43-30-24-40(25-31-43)38-14-5-2-6-15-38)60-56(59-54)44-32-26-41(27-33-44)45-18-11-19-48(34-45)53-50-21-10-9-20-49(50)51-35-46-16-7-8-17-47(46)36-52(51)57-53/h1-36H. The van der Waals surface area contributed by atoms with Gasteiger partial charge >= 0.3 is 0 Å². The summed E-state index contributed by atoms with van der Waals surface area (Å²) in [5, 5.41) is 5.91. The lowest BCUT2D eigenvalue weighted by Gasteiger charge is -2.13. The van der Waals surface area contributed by atoms with E-state index < -0.39 is 0 Å². The average molecular weight is 765 g/mol. The molecule has 2 aromatic heterocycles. The SMILES string of the molecule is c1ccc(-c2ccc(-c3nc(-c4ccc(-c5ccccc5)cc4)nc(-c4ccc(-c5cccc(-c6nc7cc8ccccc8cc7c7ccccc67)c5)cc4)n3)cc2)cc1. The lowest BCUT2D eigenvalue weighted by Crippen LogP contribution is -2.00. The van der Waals surface area contributed by atoms with Crippen molar-refractivity contribution in [2.24, 2.45) is 0 Å². The summed E-state index contributed by atoms with van der Waals surface area (Å²) in [7, 11) is 0. The van der Waals surface area contributed by atoms with Crippen LogP contribution in [0, 0.1) is 0 Å². The van der Waals surface area contributed by atoms with Crippen molar-refractivity contribution in [1.82, 2.24) is 19.9 Å². The molecule has 0 bridgehead atoms. The van der Waals surface area contributed by atoms with Crippen molar-refractivity contribution in [1.29, 1.82) is 0 Å². The number of hydrogen-bond donors (Lipinski definition) is 0. The molecule has 11 aromatic rings. The van der Waals surface area contributed by atoms with Crippen molar-refractivity contribution < 1.29 is 0 Å². The third-order valence-corrected chi connectivity index (χ3v) is 11.3. The van der Waals surface area contributed by atoms with E-state index in [0.29, 0.717) is 17.5 Å². The maximum absolute atomic E-state index is 5.30. The second-order valence-electron chi connectivity index (χ2n) is 15.1. The van der Waals surface area contributed by atoms with Crippen LogP contribution in [-0.4, -0.2) is 19.9 Å². The van der Waals surface area contributed by atoms with Gasteiger partial charge in [-0.15, -0.1) is 0 Å². The number of fused-ring (bicyclic) bond motifs is 4. The van der Waals surface area contributed by atoms with E-state index in [0.717, 1.165) is 66.5 Å². The smallest absolute Gasteiger partial charge is 0.164 e. The molecule has 9 aromatic carbocycles. The molecule has 11 rings (SSSR count). The summed E-state index contributed by atoms with van der Waals surface area (Å²) < 4.78 is 0. The van der Waals surface area contributed by atoms with Gasteiger partial charge in [-0.05, 0) is 67.7 Å². The summed E-state index contributed by atoms with van der Waals surface area (Å²) in [6.45, 7) is 0. The van der Waals surface area contributed by atoms with Crippen molar-refractivity contribution in [3.63, 3.8) is 0 Å². The first-order chi connectivity index (χ1) is 29.7. The molecule has 0 saturated heterocycles. The van der Waals surface area contributed by atoms with Crippen LogP contribution in [0.3, 0.4) is 0 Å². The molecule has 0 amide bonds. The maximum Gasteiger partial charge on any atom is 0.164 e. The summed E-state index contributed by atoms with van der Waals surface area (Å²) in [5.74, 6) is 1.87. The first-order valence-electron chi connectivity index (χ1n) is 20.2. The monoisotopic (exact) mass is 764 g/mol. The highest BCUT2D eigenvalue weighted by atomic mass is 15.0. The number of pyridine rings is 1. The van der Waals surface area contributed by atoms with Crippen LogP contribution >= 0.6 is 0 Å². The highest BCUT2D eigenvalue weighted by Gasteiger charge is 2.15. The third-order valence-electron chi connectivity index (χ3n) is 11.3. The van der Waals surface area contributed by atoms with Crippen molar-refractivity contribution in [3.05, 3.63) is 218 Å². The Bertz CT molecular complexity index is 3220. The molecular formula is C56H36N4. The Morgan fingerprint density at radius 2 is 0.600 bits per heavy atom. The van der Waals surface area contributed by atoms with Crippen LogP contribution in [0.4, 0.5) is 0 Å². The number of nitrogens with zero attached hydrogens (tertiary/aromatic N) is 4. The second-order valence-corrected chi connectivity index (χ2v) is 15.1. The van der Waals surface area contributed by atoms with Gasteiger partial charge in [-0.3, -0.25) is 0 Å². The molecule has 0 aliphatic rings. The zero-order valence-corrected chi connectivity index (χ0v) is 32.6. The number of hydrogen-bond acceptors (Lipinski definition) is 4. The number of rotatable bonds is 7. The van der Waals surface area contributed by atoms with Crippen molar-refractivity contribution >= 4 is 32.4 Å².